The lowest BCUT2D eigenvalue weighted by molar-refractivity contribution is -0.353. The molecule has 2 heterocycles. The maximum Gasteiger partial charge on any atom is 0.328 e. The molecule has 12 atom stereocenters. The summed E-state index contributed by atoms with van der Waals surface area (Å²) in [5, 5.41) is 121. The zero-order chi connectivity index (χ0) is 43.8. The van der Waals surface area contributed by atoms with Gasteiger partial charge in [0, 0.05) is 28.3 Å². The number of aromatic hydroxyl groups is 3. The molecule has 322 valence electrons. The van der Waals surface area contributed by atoms with Crippen LogP contribution in [-0.4, -0.2) is 161 Å². The number of ketones is 2. The van der Waals surface area contributed by atoms with Gasteiger partial charge in [-0.2, -0.15) is 0 Å². The summed E-state index contributed by atoms with van der Waals surface area (Å²) in [4.78, 5) is 53.3. The standard InChI is InChI=1S/C39H41NO20/c1-10-4-16-23(30(49)20(10)36(53)40-17(8-41)37(54)55)22-14(7-15-24(31(22)50)27(46)13-5-12(56-3)6-18(42)21(13)26(15)45)28(47)34(16)59-39-33(52)35(25(44)11(2)58-39)60-38-32(51)29(48)19(43)9-57-38/h4-7,11,17,19,25,28-29,32-35,38-39,41-44,47-52H,8-9H2,1-3H3,(H,40,53)(H,54,55)/t11-,17+,19-,25+,28+,29+,32-,33-,34+,35+,38+,39+/m1/s1. The van der Waals surface area contributed by atoms with Crippen LogP contribution < -0.4 is 10.1 Å². The molecule has 3 aromatic carbocycles. The number of nitrogens with one attached hydrogen (secondary N) is 1. The number of phenolic OH excluding ortho intramolecular Hbond substituents is 3. The largest absolute Gasteiger partial charge is 0.507 e. The second-order valence-electron chi connectivity index (χ2n) is 14.8. The van der Waals surface area contributed by atoms with Crippen LogP contribution in [0.4, 0.5) is 0 Å². The first-order valence-electron chi connectivity index (χ1n) is 18.4. The highest BCUT2D eigenvalue weighted by atomic mass is 16.7. The number of hydrogen-bond donors (Lipinski definition) is 12. The van der Waals surface area contributed by atoms with Gasteiger partial charge in [0.15, 0.2) is 30.2 Å². The Morgan fingerprint density at radius 2 is 1.47 bits per heavy atom. The van der Waals surface area contributed by atoms with Gasteiger partial charge in [0.25, 0.3) is 5.91 Å². The molecule has 12 N–H and O–H groups in total. The highest BCUT2D eigenvalue weighted by Gasteiger charge is 2.51. The van der Waals surface area contributed by atoms with Gasteiger partial charge in [0.05, 0.1) is 43.1 Å². The molecule has 0 saturated carbocycles. The quantitative estimate of drug-likeness (QED) is 0.0878. The van der Waals surface area contributed by atoms with Crippen molar-refractivity contribution in [2.24, 2.45) is 0 Å². The Hall–Kier alpha value is -5.30. The van der Waals surface area contributed by atoms with E-state index >= 15 is 0 Å². The molecule has 4 aliphatic rings. The van der Waals surface area contributed by atoms with Gasteiger partial charge in [-0.05, 0) is 42.7 Å². The molecule has 2 aliphatic heterocycles. The van der Waals surface area contributed by atoms with Gasteiger partial charge in [0.1, 0.15) is 71.8 Å². The second kappa shape index (κ2) is 15.9. The average molecular weight is 844 g/mol. The minimum Gasteiger partial charge on any atom is -0.507 e. The predicted molar refractivity (Wildman–Crippen MR) is 195 cm³/mol. The van der Waals surface area contributed by atoms with Crippen LogP contribution in [0.1, 0.15) is 78.0 Å². The van der Waals surface area contributed by atoms with Crippen molar-refractivity contribution in [2.75, 3.05) is 20.3 Å². The number of carbonyl (C=O) groups excluding carboxylic acids is 3. The third-order valence-corrected chi connectivity index (χ3v) is 11.1. The highest BCUT2D eigenvalue weighted by Crippen LogP contribution is 2.57. The Balaban J connectivity index is 1.37. The molecule has 1 amide bonds. The maximum atomic E-state index is 14.1. The smallest absolute Gasteiger partial charge is 0.328 e. The topological polar surface area (TPSA) is 349 Å². The van der Waals surface area contributed by atoms with Gasteiger partial charge >= 0.3 is 5.97 Å². The van der Waals surface area contributed by atoms with Crippen molar-refractivity contribution in [2.45, 2.75) is 87.4 Å². The Morgan fingerprint density at radius 1 is 0.817 bits per heavy atom. The molecule has 0 bridgehead atoms. The van der Waals surface area contributed by atoms with E-state index in [0.29, 0.717) is 0 Å². The Bertz CT molecular complexity index is 2280. The molecule has 60 heavy (non-hydrogen) atoms. The first-order chi connectivity index (χ1) is 28.3. The molecule has 21 heteroatoms. The van der Waals surface area contributed by atoms with Crippen molar-refractivity contribution in [3.05, 3.63) is 68.8 Å². The number of benzene rings is 3. The van der Waals surface area contributed by atoms with Crippen LogP contribution in [0.25, 0.3) is 11.1 Å². The van der Waals surface area contributed by atoms with E-state index in [1.54, 1.807) is 0 Å². The van der Waals surface area contributed by atoms with Crippen molar-refractivity contribution < 1.29 is 99.0 Å². The van der Waals surface area contributed by atoms with E-state index in [1.165, 1.54) is 27.0 Å². The number of carboxylic acid groups (broad SMARTS) is 1. The first kappa shape index (κ1) is 42.8. The predicted octanol–water partition coefficient (Wildman–Crippen LogP) is -1.87. The molecular weight excluding hydrogens is 802 g/mol. The van der Waals surface area contributed by atoms with E-state index in [-0.39, 0.29) is 28.0 Å². The van der Waals surface area contributed by atoms with Crippen LogP contribution in [0.2, 0.25) is 0 Å². The zero-order valence-corrected chi connectivity index (χ0v) is 31.7. The molecule has 2 fully saturated rings. The summed E-state index contributed by atoms with van der Waals surface area (Å²) in [5.41, 5.74) is -4.12. The van der Waals surface area contributed by atoms with Crippen LogP contribution in [0.15, 0.2) is 24.3 Å². The molecule has 0 aromatic heterocycles. The first-order valence-corrected chi connectivity index (χ1v) is 18.4. The Morgan fingerprint density at radius 3 is 2.12 bits per heavy atom. The van der Waals surface area contributed by atoms with E-state index in [9.17, 15) is 75.3 Å². The minimum absolute atomic E-state index is 0.0131. The number of fused-ring (bicyclic) bond motifs is 5. The van der Waals surface area contributed by atoms with Crippen LogP contribution >= 0.6 is 0 Å². The molecule has 0 unspecified atom stereocenters. The molecule has 21 nitrogen and oxygen atoms in total. The number of aliphatic carboxylic acids is 1. The van der Waals surface area contributed by atoms with E-state index < -0.39 is 161 Å². The van der Waals surface area contributed by atoms with Gasteiger partial charge in [-0.3, -0.25) is 14.4 Å². The zero-order valence-electron chi connectivity index (χ0n) is 31.7. The van der Waals surface area contributed by atoms with Gasteiger partial charge in [0.2, 0.25) is 0 Å². The minimum atomic E-state index is -1.98. The number of ether oxygens (including phenoxy) is 5. The van der Waals surface area contributed by atoms with Crippen LogP contribution in [-0.2, 0) is 23.7 Å². The summed E-state index contributed by atoms with van der Waals surface area (Å²) in [6.07, 6.45) is -18.8. The van der Waals surface area contributed by atoms with Crippen molar-refractivity contribution in [1.29, 1.82) is 0 Å². The number of aliphatic hydroxyl groups is 7. The van der Waals surface area contributed by atoms with Crippen molar-refractivity contribution >= 4 is 23.4 Å². The fraction of sp³-hybridized carbons (Fsp3) is 0.436. The summed E-state index contributed by atoms with van der Waals surface area (Å²) >= 11 is 0. The molecular formula is C39H41NO20. The van der Waals surface area contributed by atoms with E-state index in [0.717, 1.165) is 18.2 Å². The number of aryl methyl sites for hydroxylation is 1. The average Bonchev–Trinajstić information content (AvgIpc) is 3.20. The number of carbonyl (C=O) groups is 4. The molecule has 2 aliphatic carbocycles. The SMILES string of the molecule is COc1cc(O)c2c(c1)C(=O)c1c(cc3c(c1O)-c1c(cc(C)c(C(=O)N[C@@H](CO)C(=O)O)c1O)[C@H](O[C@@H]1O[C@H](C)[C@H](O)[C@H](O[C@@H]4OC[C@@H](O)[C@H](O)[C@H]4O)[C@H]1O)[C@H]3O)C2=O. The number of rotatable bonds is 9. The molecule has 3 aromatic rings. The normalized spacial score (nSPS) is 30.1. The second-order valence-corrected chi connectivity index (χ2v) is 14.8. The van der Waals surface area contributed by atoms with Gasteiger partial charge < -0.3 is 85.2 Å². The van der Waals surface area contributed by atoms with Crippen molar-refractivity contribution in [1.82, 2.24) is 5.32 Å². The van der Waals surface area contributed by atoms with Gasteiger partial charge in [-0.1, -0.05) is 6.07 Å². The maximum absolute atomic E-state index is 14.1. The number of phenols is 3. The number of hydrogen-bond acceptors (Lipinski definition) is 19. The van der Waals surface area contributed by atoms with Gasteiger partial charge in [-0.15, -0.1) is 0 Å². The molecule has 2 saturated heterocycles. The van der Waals surface area contributed by atoms with Crippen molar-refractivity contribution in [3.63, 3.8) is 0 Å². The third-order valence-electron chi connectivity index (χ3n) is 11.1. The summed E-state index contributed by atoms with van der Waals surface area (Å²) in [5.74, 6) is -7.35. The van der Waals surface area contributed by atoms with Crippen LogP contribution in [0.3, 0.4) is 0 Å². The highest BCUT2D eigenvalue weighted by molar-refractivity contribution is 6.31. The van der Waals surface area contributed by atoms with E-state index in [1.807, 2.05) is 0 Å². The number of amides is 1. The summed E-state index contributed by atoms with van der Waals surface area (Å²) < 4.78 is 28.0. The fourth-order valence-electron chi connectivity index (χ4n) is 7.97. The van der Waals surface area contributed by atoms with E-state index in [2.05, 4.69) is 5.32 Å². The molecule has 7 rings (SSSR count). The number of aliphatic hydroxyl groups excluding tert-OH is 7. The third kappa shape index (κ3) is 6.82. The Kier molecular flexibility index (Phi) is 11.4. The van der Waals surface area contributed by atoms with Crippen LogP contribution in [0.5, 0.6) is 23.0 Å². The summed E-state index contributed by atoms with van der Waals surface area (Å²) in [6, 6.07) is 2.62. The lowest BCUT2D eigenvalue weighted by Crippen LogP contribution is -2.62. The molecule has 0 spiro atoms. The summed E-state index contributed by atoms with van der Waals surface area (Å²) in [7, 11) is 1.24. The lowest BCUT2D eigenvalue weighted by atomic mass is 9.74. The number of methoxy groups -OCH3 is 1. The fourth-order valence-corrected chi connectivity index (χ4v) is 7.97. The van der Waals surface area contributed by atoms with Gasteiger partial charge in [-0.25, -0.2) is 4.79 Å². The van der Waals surface area contributed by atoms with Crippen molar-refractivity contribution in [3.8, 4) is 34.1 Å². The Labute approximate surface area is 338 Å². The lowest BCUT2D eigenvalue weighted by Gasteiger charge is -2.45. The molecule has 0 radical (unpaired) electrons. The summed E-state index contributed by atoms with van der Waals surface area (Å²) in [6.45, 7) is 1.14. The monoisotopic (exact) mass is 843 g/mol. The van der Waals surface area contributed by atoms with E-state index in [4.69, 9.17) is 23.7 Å². The number of carboxylic acids is 1. The van der Waals surface area contributed by atoms with Crippen LogP contribution in [0, 0.1) is 6.92 Å².